The lowest BCUT2D eigenvalue weighted by molar-refractivity contribution is -0.111. The van der Waals surface area contributed by atoms with Gasteiger partial charge in [-0.1, -0.05) is 6.92 Å². The van der Waals surface area contributed by atoms with Crippen LogP contribution in [0.2, 0.25) is 0 Å². The van der Waals surface area contributed by atoms with Crippen LogP contribution in [0.5, 0.6) is 0 Å². The van der Waals surface area contributed by atoms with E-state index in [9.17, 15) is 0 Å². The molecule has 2 unspecified atom stereocenters. The van der Waals surface area contributed by atoms with Gasteiger partial charge in [0.05, 0.1) is 11.9 Å². The fraction of sp³-hybridized carbons (Fsp3) is 1.00. The van der Waals surface area contributed by atoms with Crippen molar-refractivity contribution in [3.63, 3.8) is 0 Å². The summed E-state index contributed by atoms with van der Waals surface area (Å²) in [6.45, 7) is 2.69. The van der Waals surface area contributed by atoms with Crippen molar-refractivity contribution in [2.24, 2.45) is 0 Å². The quantitative estimate of drug-likeness (QED) is 0.636. The van der Waals surface area contributed by atoms with Crippen molar-refractivity contribution in [3.8, 4) is 0 Å². The summed E-state index contributed by atoms with van der Waals surface area (Å²) in [5.41, 5.74) is -0.349. The van der Waals surface area contributed by atoms with Crippen LogP contribution in [0.4, 0.5) is 0 Å². The molecule has 0 saturated carbocycles. The summed E-state index contributed by atoms with van der Waals surface area (Å²) in [6.07, 6.45) is 0.0532. The largest absolute Gasteiger partial charge is 0.382 e. The fourth-order valence-corrected chi connectivity index (χ4v) is 4.11. The summed E-state index contributed by atoms with van der Waals surface area (Å²) in [6, 6.07) is -0.226. The molecule has 2 saturated heterocycles. The lowest BCUT2D eigenvalue weighted by Crippen LogP contribution is -2.49. The number of methoxy groups -OCH3 is 2. The zero-order valence-corrected chi connectivity index (χ0v) is 9.54. The summed E-state index contributed by atoms with van der Waals surface area (Å²) in [5, 5.41) is 0.613. The molecule has 2 bridgehead atoms. The first-order valence-electron chi connectivity index (χ1n) is 4.76. The Bertz CT molecular complexity index is 228. The molecule has 2 rings (SSSR count). The second-order valence-electron chi connectivity index (χ2n) is 3.87. The van der Waals surface area contributed by atoms with Crippen LogP contribution in [-0.2, 0) is 14.2 Å². The zero-order chi connectivity index (χ0) is 10.3. The van der Waals surface area contributed by atoms with Gasteiger partial charge in [0.2, 0.25) is 0 Å². The minimum absolute atomic E-state index is 0.0532. The van der Waals surface area contributed by atoms with Crippen LogP contribution in [0.1, 0.15) is 6.92 Å². The summed E-state index contributed by atoms with van der Waals surface area (Å²) < 4.78 is 16.5. The van der Waals surface area contributed by atoms with Crippen molar-refractivity contribution in [2.45, 2.75) is 35.1 Å². The van der Waals surface area contributed by atoms with Crippen molar-refractivity contribution in [1.29, 1.82) is 0 Å². The summed E-state index contributed by atoms with van der Waals surface area (Å²) in [4.78, 5) is 0. The van der Waals surface area contributed by atoms with Crippen LogP contribution < -0.4 is 0 Å². The van der Waals surface area contributed by atoms with Gasteiger partial charge in [-0.25, -0.2) is 0 Å². The van der Waals surface area contributed by atoms with Crippen LogP contribution in [0, 0.1) is 0 Å². The van der Waals surface area contributed by atoms with Crippen molar-refractivity contribution in [1.82, 2.24) is 0 Å². The number of hydrogen-bond acceptors (Lipinski definition) is 4. The lowest BCUT2D eigenvalue weighted by Gasteiger charge is -2.35. The molecule has 2 aliphatic heterocycles. The maximum Gasteiger partial charge on any atom is 0.129 e. The smallest absolute Gasteiger partial charge is 0.129 e. The van der Waals surface area contributed by atoms with Gasteiger partial charge in [-0.2, -0.15) is 0 Å². The Balaban J connectivity index is 2.25. The molecule has 0 amide bonds. The first kappa shape index (κ1) is 10.8. The maximum absolute atomic E-state index is 5.88. The summed E-state index contributed by atoms with van der Waals surface area (Å²) >= 11 is 1.84. The Morgan fingerprint density at radius 3 is 2.79 bits per heavy atom. The van der Waals surface area contributed by atoms with E-state index in [1.54, 1.807) is 14.2 Å². The molecule has 78 valence electrons. The highest BCUT2D eigenvalue weighted by molar-refractivity contribution is 8.01. The number of fused-ring (bicyclic) bond motifs is 2. The van der Waals surface area contributed by atoms with Crippen molar-refractivity contribution >= 4 is 19.6 Å². The van der Waals surface area contributed by atoms with E-state index < -0.39 is 0 Å². The predicted molar refractivity (Wildman–Crippen MR) is 56.9 cm³/mol. The van der Waals surface area contributed by atoms with E-state index in [1.807, 2.05) is 11.8 Å². The summed E-state index contributed by atoms with van der Waals surface area (Å²) in [5.74, 6) is 0. The van der Waals surface area contributed by atoms with Gasteiger partial charge in [0.15, 0.2) is 0 Å². The third kappa shape index (κ3) is 1.26. The highest BCUT2D eigenvalue weighted by atomic mass is 32.2. The molecule has 2 radical (unpaired) electrons. The zero-order valence-electron chi connectivity index (χ0n) is 8.73. The SMILES string of the molecule is [B][C@@H]1O[C@@]2(COC)C(C)S[C@H]1C2OC. The van der Waals surface area contributed by atoms with Gasteiger partial charge in [0.25, 0.3) is 0 Å². The standard InChI is InChI=1S/C9H15BO3S/c1-5-9(4-11-2)7(12-3)6(14-5)8(10)13-9/h5-8H,4H2,1-3H3/t5?,6-,7?,8+,9-/m0/s1. The normalized spacial score (nSPS) is 51.4. The minimum atomic E-state index is -0.349. The van der Waals surface area contributed by atoms with Crippen molar-refractivity contribution in [2.75, 3.05) is 20.8 Å². The van der Waals surface area contributed by atoms with E-state index in [4.69, 9.17) is 22.1 Å². The van der Waals surface area contributed by atoms with Gasteiger partial charge in [0.1, 0.15) is 19.6 Å². The number of thioether (sulfide) groups is 1. The van der Waals surface area contributed by atoms with E-state index in [2.05, 4.69) is 6.92 Å². The molecule has 2 heterocycles. The molecule has 0 aromatic heterocycles. The second kappa shape index (κ2) is 3.70. The Kier molecular flexibility index (Phi) is 2.86. The van der Waals surface area contributed by atoms with Gasteiger partial charge >= 0.3 is 0 Å². The molecule has 2 fully saturated rings. The topological polar surface area (TPSA) is 27.7 Å². The van der Waals surface area contributed by atoms with E-state index in [0.717, 1.165) is 0 Å². The van der Waals surface area contributed by atoms with Crippen LogP contribution in [0.25, 0.3) is 0 Å². The Morgan fingerprint density at radius 2 is 2.21 bits per heavy atom. The molecule has 2 aliphatic rings. The fourth-order valence-electron chi connectivity index (χ4n) is 2.46. The first-order valence-corrected chi connectivity index (χ1v) is 5.70. The van der Waals surface area contributed by atoms with E-state index >= 15 is 0 Å². The van der Waals surface area contributed by atoms with E-state index in [0.29, 0.717) is 11.9 Å². The van der Waals surface area contributed by atoms with Crippen LogP contribution in [-0.4, -0.2) is 56.9 Å². The molecule has 0 aliphatic carbocycles. The minimum Gasteiger partial charge on any atom is -0.382 e. The van der Waals surface area contributed by atoms with Gasteiger partial charge < -0.3 is 14.2 Å². The Labute approximate surface area is 90.3 Å². The predicted octanol–water partition coefficient (Wildman–Crippen LogP) is 0.415. The summed E-state index contributed by atoms with van der Waals surface area (Å²) in [7, 11) is 9.28. The number of rotatable bonds is 3. The van der Waals surface area contributed by atoms with Gasteiger partial charge in [-0.15, -0.1) is 11.8 Å². The number of hydrogen-bond donors (Lipinski definition) is 0. The van der Waals surface area contributed by atoms with Crippen molar-refractivity contribution < 1.29 is 14.2 Å². The average molecular weight is 214 g/mol. The van der Waals surface area contributed by atoms with Crippen LogP contribution in [0.3, 0.4) is 0 Å². The van der Waals surface area contributed by atoms with Gasteiger partial charge in [-0.3, -0.25) is 0 Å². The highest BCUT2D eigenvalue weighted by Gasteiger charge is 2.63. The van der Waals surface area contributed by atoms with E-state index in [-0.39, 0.29) is 23.0 Å². The molecular weight excluding hydrogens is 199 g/mol. The Morgan fingerprint density at radius 1 is 1.50 bits per heavy atom. The molecule has 5 atom stereocenters. The molecular formula is C9H15BO3S. The van der Waals surface area contributed by atoms with E-state index in [1.165, 1.54) is 0 Å². The third-order valence-corrected chi connectivity index (χ3v) is 4.77. The maximum atomic E-state index is 5.88. The molecule has 0 spiro atoms. The third-order valence-electron chi connectivity index (χ3n) is 3.13. The molecule has 5 heteroatoms. The molecule has 14 heavy (non-hydrogen) atoms. The molecule has 3 nitrogen and oxygen atoms in total. The van der Waals surface area contributed by atoms with Gasteiger partial charge in [-0.05, 0) is 0 Å². The molecule has 0 N–H and O–H groups in total. The second-order valence-corrected chi connectivity index (χ2v) is 5.39. The lowest BCUT2D eigenvalue weighted by atomic mass is 9.90. The Hall–Kier alpha value is 0.295. The number of ether oxygens (including phenoxy) is 3. The first-order chi connectivity index (χ1) is 6.65. The monoisotopic (exact) mass is 214 g/mol. The highest BCUT2D eigenvalue weighted by Crippen LogP contribution is 2.52. The average Bonchev–Trinajstić information content (AvgIpc) is 2.54. The molecule has 0 aromatic carbocycles. The van der Waals surface area contributed by atoms with Crippen LogP contribution in [0.15, 0.2) is 0 Å². The van der Waals surface area contributed by atoms with Crippen LogP contribution >= 0.6 is 11.8 Å². The van der Waals surface area contributed by atoms with Crippen molar-refractivity contribution in [3.05, 3.63) is 0 Å². The molecule has 0 aromatic rings. The van der Waals surface area contributed by atoms with Gasteiger partial charge in [0, 0.05) is 25.5 Å².